The Morgan fingerprint density at radius 2 is 2.04 bits per heavy atom. The normalized spacial score (nSPS) is 18.1. The number of rotatable bonds is 5. The van der Waals surface area contributed by atoms with Crippen molar-refractivity contribution in [1.82, 2.24) is 20.4 Å². The van der Waals surface area contributed by atoms with Crippen molar-refractivity contribution in [2.75, 3.05) is 26.7 Å². The first kappa shape index (κ1) is 21.1. The molecule has 1 aromatic heterocycles. The summed E-state index contributed by atoms with van der Waals surface area (Å²) in [7, 11) is 1.89. The van der Waals surface area contributed by atoms with Gasteiger partial charge in [0, 0.05) is 38.7 Å². The highest BCUT2D eigenvalue weighted by atomic mass is 127. The number of nitrogens with one attached hydrogen (secondary N) is 1. The average Bonchev–Trinajstić information content (AvgIpc) is 3.33. The molecule has 0 unspecified atom stereocenters. The number of guanidine groups is 1. The van der Waals surface area contributed by atoms with Crippen LogP contribution in [0.1, 0.15) is 44.0 Å². The van der Waals surface area contributed by atoms with E-state index in [1.54, 1.807) is 0 Å². The van der Waals surface area contributed by atoms with Gasteiger partial charge in [-0.3, -0.25) is 4.99 Å². The third kappa shape index (κ3) is 4.50. The molecule has 2 heterocycles. The van der Waals surface area contributed by atoms with Gasteiger partial charge < -0.3 is 14.7 Å². The van der Waals surface area contributed by atoms with Gasteiger partial charge in [-0.05, 0) is 48.8 Å². The molecule has 2 aromatic rings. The maximum Gasteiger partial charge on any atom is 0.257 e. The van der Waals surface area contributed by atoms with Crippen LogP contribution in [0, 0.1) is 5.41 Å². The number of aryl methyl sites for hydroxylation is 1. The number of halogens is 1. The third-order valence-electron chi connectivity index (χ3n) is 6.05. The predicted octanol–water partition coefficient (Wildman–Crippen LogP) is 3.91. The molecule has 7 heteroatoms. The van der Waals surface area contributed by atoms with E-state index in [-0.39, 0.29) is 24.0 Å². The van der Waals surface area contributed by atoms with E-state index >= 15 is 0 Å². The fraction of sp³-hybridized carbons (Fsp3) is 0.571. The number of hydrogen-bond acceptors (Lipinski definition) is 4. The summed E-state index contributed by atoms with van der Waals surface area (Å²) >= 11 is 0. The largest absolute Gasteiger partial charge is 0.356 e. The minimum atomic E-state index is 0. The molecule has 1 saturated carbocycles. The first-order valence-electron chi connectivity index (χ1n) is 10.1. The van der Waals surface area contributed by atoms with Crippen LogP contribution in [-0.4, -0.2) is 47.7 Å². The van der Waals surface area contributed by atoms with Gasteiger partial charge in [0.25, 0.3) is 5.89 Å². The summed E-state index contributed by atoms with van der Waals surface area (Å²) in [6, 6.07) is 8.37. The topological polar surface area (TPSA) is 66.6 Å². The number of benzene rings is 1. The van der Waals surface area contributed by atoms with Crippen LogP contribution in [0.2, 0.25) is 0 Å². The van der Waals surface area contributed by atoms with Gasteiger partial charge in [0.05, 0.1) is 0 Å². The van der Waals surface area contributed by atoms with Crippen LogP contribution in [0.25, 0.3) is 11.5 Å². The van der Waals surface area contributed by atoms with Crippen LogP contribution in [0.15, 0.2) is 33.8 Å². The quantitative estimate of drug-likeness (QED) is 0.387. The Balaban J connectivity index is 0.00000225. The highest BCUT2D eigenvalue weighted by Crippen LogP contribution is 2.47. The Bertz CT molecular complexity index is 797. The summed E-state index contributed by atoms with van der Waals surface area (Å²) in [5.74, 6) is 2.39. The Hall–Kier alpha value is -1.64. The van der Waals surface area contributed by atoms with E-state index in [1.165, 1.54) is 37.8 Å². The molecule has 0 radical (unpaired) electrons. The molecule has 1 saturated heterocycles. The highest BCUT2D eigenvalue weighted by Gasteiger charge is 2.43. The van der Waals surface area contributed by atoms with Gasteiger partial charge in [-0.1, -0.05) is 30.6 Å². The van der Waals surface area contributed by atoms with Crippen molar-refractivity contribution in [3.05, 3.63) is 35.7 Å². The lowest BCUT2D eigenvalue weighted by atomic mass is 9.68. The van der Waals surface area contributed by atoms with Crippen LogP contribution < -0.4 is 5.32 Å². The summed E-state index contributed by atoms with van der Waals surface area (Å²) < 4.78 is 5.30. The first-order chi connectivity index (χ1) is 13.2. The lowest BCUT2D eigenvalue weighted by molar-refractivity contribution is 0.151. The second kappa shape index (κ2) is 9.24. The van der Waals surface area contributed by atoms with Gasteiger partial charge in [-0.25, -0.2) is 0 Å². The molecule has 1 aromatic carbocycles. The van der Waals surface area contributed by atoms with Crippen LogP contribution >= 0.6 is 24.0 Å². The Labute approximate surface area is 184 Å². The van der Waals surface area contributed by atoms with Gasteiger partial charge in [-0.2, -0.15) is 4.98 Å². The lowest BCUT2D eigenvalue weighted by Crippen LogP contribution is -2.43. The number of nitrogens with zero attached hydrogens (tertiary/aromatic N) is 4. The number of hydrogen-bond donors (Lipinski definition) is 1. The van der Waals surface area contributed by atoms with E-state index in [9.17, 15) is 0 Å². The summed E-state index contributed by atoms with van der Waals surface area (Å²) in [6.45, 7) is 5.21. The number of aliphatic imine (C=N–C) groups is 1. The van der Waals surface area contributed by atoms with E-state index in [2.05, 4.69) is 49.6 Å². The van der Waals surface area contributed by atoms with Crippen molar-refractivity contribution in [3.63, 3.8) is 0 Å². The third-order valence-corrected chi connectivity index (χ3v) is 6.05. The van der Waals surface area contributed by atoms with Gasteiger partial charge in [0.1, 0.15) is 0 Å². The molecule has 152 valence electrons. The van der Waals surface area contributed by atoms with Crippen molar-refractivity contribution >= 4 is 29.9 Å². The summed E-state index contributed by atoms with van der Waals surface area (Å²) in [4.78, 5) is 11.3. The molecule has 28 heavy (non-hydrogen) atoms. The van der Waals surface area contributed by atoms with Crippen LogP contribution in [0.4, 0.5) is 0 Å². The number of likely N-dealkylation sites (tertiary alicyclic amines) is 1. The lowest BCUT2D eigenvalue weighted by Gasteiger charge is -2.38. The molecule has 6 nitrogen and oxygen atoms in total. The Morgan fingerprint density at radius 3 is 2.61 bits per heavy atom. The Morgan fingerprint density at radius 1 is 1.25 bits per heavy atom. The van der Waals surface area contributed by atoms with Crippen LogP contribution in [-0.2, 0) is 12.8 Å². The molecule has 1 spiro atoms. The van der Waals surface area contributed by atoms with Gasteiger partial charge in [0.2, 0.25) is 0 Å². The van der Waals surface area contributed by atoms with Crippen molar-refractivity contribution in [3.8, 4) is 11.5 Å². The van der Waals surface area contributed by atoms with Gasteiger partial charge >= 0.3 is 0 Å². The zero-order valence-electron chi connectivity index (χ0n) is 16.8. The monoisotopic (exact) mass is 495 g/mol. The van der Waals surface area contributed by atoms with Crippen LogP contribution in [0.5, 0.6) is 0 Å². The predicted molar refractivity (Wildman–Crippen MR) is 122 cm³/mol. The molecular formula is C21H30IN5O. The number of aromatic nitrogens is 2. The van der Waals surface area contributed by atoms with E-state index < -0.39 is 0 Å². The SMILES string of the molecule is CCc1noc(-c2ccc(CCNC(=NC)N3CCC4(CCC4)C3)cc2)n1.I. The second-order valence-electron chi connectivity index (χ2n) is 7.82. The summed E-state index contributed by atoms with van der Waals surface area (Å²) in [6.07, 6.45) is 7.26. The molecule has 0 atom stereocenters. The van der Waals surface area contributed by atoms with Crippen molar-refractivity contribution in [2.24, 2.45) is 10.4 Å². The smallest absolute Gasteiger partial charge is 0.257 e. The molecule has 2 fully saturated rings. The first-order valence-corrected chi connectivity index (χ1v) is 10.1. The second-order valence-corrected chi connectivity index (χ2v) is 7.82. The minimum absolute atomic E-state index is 0. The molecule has 1 aliphatic carbocycles. The molecular weight excluding hydrogens is 465 g/mol. The molecule has 0 amide bonds. The molecule has 0 bridgehead atoms. The fourth-order valence-corrected chi connectivity index (χ4v) is 4.18. The van der Waals surface area contributed by atoms with Crippen LogP contribution in [0.3, 0.4) is 0 Å². The zero-order chi connectivity index (χ0) is 18.7. The van der Waals surface area contributed by atoms with Crippen molar-refractivity contribution < 1.29 is 4.52 Å². The molecule has 2 aliphatic rings. The van der Waals surface area contributed by atoms with Crippen molar-refractivity contribution in [2.45, 2.75) is 45.4 Å². The summed E-state index contributed by atoms with van der Waals surface area (Å²) in [5.41, 5.74) is 2.85. The fourth-order valence-electron chi connectivity index (χ4n) is 4.18. The maximum absolute atomic E-state index is 5.30. The molecule has 1 N–H and O–H groups in total. The van der Waals surface area contributed by atoms with E-state index in [4.69, 9.17) is 4.52 Å². The minimum Gasteiger partial charge on any atom is -0.356 e. The maximum atomic E-state index is 5.30. The van der Waals surface area contributed by atoms with E-state index in [0.29, 0.717) is 11.3 Å². The van der Waals surface area contributed by atoms with Crippen molar-refractivity contribution in [1.29, 1.82) is 0 Å². The average molecular weight is 495 g/mol. The standard InChI is InChI=1S/C21H29N5O.HI/c1-3-18-24-19(27-25-18)17-7-5-16(6-8-17)9-13-23-20(22-2)26-14-12-21(15-26)10-4-11-21;/h5-8H,3-4,9-15H2,1-2H3,(H,22,23);1H. The Kier molecular flexibility index (Phi) is 6.95. The molecule has 1 aliphatic heterocycles. The summed E-state index contributed by atoms with van der Waals surface area (Å²) in [5, 5.41) is 7.49. The van der Waals surface area contributed by atoms with Gasteiger partial charge in [-0.15, -0.1) is 24.0 Å². The molecule has 4 rings (SSSR count). The highest BCUT2D eigenvalue weighted by molar-refractivity contribution is 14.0. The van der Waals surface area contributed by atoms with E-state index in [1.807, 2.05) is 14.0 Å². The zero-order valence-corrected chi connectivity index (χ0v) is 19.1. The van der Waals surface area contributed by atoms with E-state index in [0.717, 1.165) is 43.3 Å². The van der Waals surface area contributed by atoms with Gasteiger partial charge in [0.15, 0.2) is 11.8 Å².